The van der Waals surface area contributed by atoms with Crippen molar-refractivity contribution in [3.8, 4) is 16.9 Å². The van der Waals surface area contributed by atoms with Crippen molar-refractivity contribution in [1.29, 1.82) is 0 Å². The first-order valence-corrected chi connectivity index (χ1v) is 8.15. The largest absolute Gasteiger partial charge is 0.497 e. The highest BCUT2D eigenvalue weighted by Crippen LogP contribution is 2.27. The fourth-order valence-corrected chi connectivity index (χ4v) is 3.03. The number of carbonyl (C=O) groups is 2. The van der Waals surface area contributed by atoms with E-state index >= 15 is 0 Å². The van der Waals surface area contributed by atoms with Gasteiger partial charge in [0.1, 0.15) is 16.4 Å². The van der Waals surface area contributed by atoms with E-state index in [-0.39, 0.29) is 27.8 Å². The van der Waals surface area contributed by atoms with Crippen LogP contribution >= 0.6 is 11.3 Å². The summed E-state index contributed by atoms with van der Waals surface area (Å²) in [5, 5.41) is 12.8. The SMILES string of the molecule is [2H]c1cc(-c2cccc(OC([2H])([2H])[2H])c2)cc(F)c1NC(=O)c1ccsc1C(=O)O. The fourth-order valence-electron chi connectivity index (χ4n) is 2.31. The van der Waals surface area contributed by atoms with Crippen LogP contribution in [0.1, 0.15) is 25.5 Å². The number of thiophene rings is 1. The molecule has 1 heterocycles. The van der Waals surface area contributed by atoms with E-state index in [9.17, 15) is 14.0 Å². The molecule has 0 bridgehead atoms. The second kappa shape index (κ2) is 7.37. The van der Waals surface area contributed by atoms with Crippen molar-refractivity contribution in [2.24, 2.45) is 0 Å². The van der Waals surface area contributed by atoms with Gasteiger partial charge in [-0.3, -0.25) is 4.79 Å². The van der Waals surface area contributed by atoms with E-state index in [2.05, 4.69) is 5.32 Å². The molecule has 0 atom stereocenters. The number of hydrogen-bond donors (Lipinski definition) is 2. The Kier molecular flexibility index (Phi) is 3.70. The molecule has 2 aromatic carbocycles. The highest BCUT2D eigenvalue weighted by molar-refractivity contribution is 7.12. The minimum Gasteiger partial charge on any atom is -0.497 e. The Balaban J connectivity index is 1.89. The van der Waals surface area contributed by atoms with Crippen molar-refractivity contribution in [1.82, 2.24) is 0 Å². The van der Waals surface area contributed by atoms with E-state index in [1.165, 1.54) is 35.7 Å². The highest BCUT2D eigenvalue weighted by atomic mass is 32.1. The lowest BCUT2D eigenvalue weighted by atomic mass is 10.0. The maximum Gasteiger partial charge on any atom is 0.346 e. The van der Waals surface area contributed by atoms with Crippen molar-refractivity contribution >= 4 is 28.9 Å². The Labute approximate surface area is 158 Å². The Hall–Kier alpha value is -3.19. The summed E-state index contributed by atoms with van der Waals surface area (Å²) >= 11 is 0.857. The molecule has 0 aliphatic rings. The number of aromatic carboxylic acids is 1. The van der Waals surface area contributed by atoms with E-state index in [0.717, 1.165) is 17.4 Å². The third kappa shape index (κ3) is 3.57. The molecule has 0 fully saturated rings. The molecule has 5 nitrogen and oxygen atoms in total. The third-order valence-corrected chi connectivity index (χ3v) is 4.42. The first kappa shape index (κ1) is 13.1. The van der Waals surface area contributed by atoms with E-state index in [0.29, 0.717) is 5.56 Å². The minimum absolute atomic E-state index is 0.0514. The van der Waals surface area contributed by atoms with Crippen molar-refractivity contribution in [3.63, 3.8) is 0 Å². The van der Waals surface area contributed by atoms with Gasteiger partial charge < -0.3 is 15.2 Å². The molecular formula is C19H14FNO4S. The van der Waals surface area contributed by atoms with Gasteiger partial charge in [0.15, 0.2) is 0 Å². The molecule has 7 heteroatoms. The third-order valence-electron chi connectivity index (χ3n) is 3.52. The maximum absolute atomic E-state index is 14.7. The van der Waals surface area contributed by atoms with Gasteiger partial charge in [0.25, 0.3) is 5.91 Å². The van der Waals surface area contributed by atoms with Crippen LogP contribution in [0, 0.1) is 5.82 Å². The van der Waals surface area contributed by atoms with Crippen LogP contribution in [0.15, 0.2) is 53.9 Å². The Bertz CT molecular complexity index is 1110. The molecule has 1 amide bonds. The zero-order valence-electron chi connectivity index (χ0n) is 17.1. The van der Waals surface area contributed by atoms with Crippen LogP contribution < -0.4 is 10.1 Å². The standard InChI is InChI=1S/C19H14FNO4S/c1-25-13-4-2-3-11(9-13)12-5-6-16(15(20)10-12)21-18(22)14-7-8-26-17(14)19(23)24/h2-10H,1H3,(H,21,22)(H,23,24)/i1D3,6D. The molecule has 0 spiro atoms. The molecule has 132 valence electrons. The second-order valence-corrected chi connectivity index (χ2v) is 6.08. The molecule has 26 heavy (non-hydrogen) atoms. The summed E-state index contributed by atoms with van der Waals surface area (Å²) < 4.78 is 49.0. The second-order valence-electron chi connectivity index (χ2n) is 5.16. The molecule has 0 saturated heterocycles. The number of anilines is 1. The molecule has 0 unspecified atom stereocenters. The first-order chi connectivity index (χ1) is 14.0. The van der Waals surface area contributed by atoms with Crippen LogP contribution in [-0.2, 0) is 0 Å². The van der Waals surface area contributed by atoms with Gasteiger partial charge in [-0.2, -0.15) is 0 Å². The number of methoxy groups -OCH3 is 1. The van der Waals surface area contributed by atoms with Gasteiger partial charge in [-0.05, 0) is 46.8 Å². The molecule has 2 N–H and O–H groups in total. The zero-order chi connectivity index (χ0) is 22.1. The van der Waals surface area contributed by atoms with E-state index in [1.54, 1.807) is 6.07 Å². The summed E-state index contributed by atoms with van der Waals surface area (Å²) in [6.45, 7) is 0. The van der Waals surface area contributed by atoms with Gasteiger partial charge >= 0.3 is 5.97 Å². The molecule has 0 aliphatic carbocycles. The molecule has 1 aromatic heterocycles. The number of nitrogens with one attached hydrogen (secondary N) is 1. The van der Waals surface area contributed by atoms with E-state index in [1.807, 2.05) is 0 Å². The van der Waals surface area contributed by atoms with E-state index in [4.69, 9.17) is 15.3 Å². The molecular weight excluding hydrogens is 357 g/mol. The lowest BCUT2D eigenvalue weighted by Gasteiger charge is -2.09. The Morgan fingerprint density at radius 3 is 2.81 bits per heavy atom. The number of benzene rings is 2. The summed E-state index contributed by atoms with van der Waals surface area (Å²) in [6, 6.07) is 9.27. The van der Waals surface area contributed by atoms with Gasteiger partial charge in [-0.25, -0.2) is 9.18 Å². The highest BCUT2D eigenvalue weighted by Gasteiger charge is 2.19. The lowest BCUT2D eigenvalue weighted by molar-refractivity contribution is 0.0698. The van der Waals surface area contributed by atoms with Crippen molar-refractivity contribution in [2.75, 3.05) is 12.4 Å². The number of carbonyl (C=O) groups excluding carboxylic acids is 1. The molecule has 0 aliphatic heterocycles. The van der Waals surface area contributed by atoms with Gasteiger partial charge in [-0.15, -0.1) is 11.3 Å². The van der Waals surface area contributed by atoms with Crippen LogP contribution in [0.4, 0.5) is 10.1 Å². The number of rotatable bonds is 5. The minimum atomic E-state index is -2.64. The van der Waals surface area contributed by atoms with E-state index < -0.39 is 30.4 Å². The van der Waals surface area contributed by atoms with Gasteiger partial charge in [0.05, 0.1) is 23.8 Å². The Morgan fingerprint density at radius 1 is 1.27 bits per heavy atom. The summed E-state index contributed by atoms with van der Waals surface area (Å²) in [7, 11) is -2.64. The predicted octanol–water partition coefficient (Wildman–Crippen LogP) is 4.51. The summed E-state index contributed by atoms with van der Waals surface area (Å²) in [5.41, 5.74) is 0.146. The monoisotopic (exact) mass is 375 g/mol. The quantitative estimate of drug-likeness (QED) is 0.688. The van der Waals surface area contributed by atoms with Crippen LogP contribution in [0.25, 0.3) is 11.1 Å². The number of amides is 1. The summed E-state index contributed by atoms with van der Waals surface area (Å²) in [5.74, 6) is -2.98. The molecule has 0 radical (unpaired) electrons. The number of carboxylic acids is 1. The zero-order valence-corrected chi connectivity index (χ0v) is 13.9. The van der Waals surface area contributed by atoms with Gasteiger partial charge in [-0.1, -0.05) is 18.2 Å². The van der Waals surface area contributed by atoms with Crippen LogP contribution in [-0.4, -0.2) is 24.0 Å². The lowest BCUT2D eigenvalue weighted by Crippen LogP contribution is -2.15. The first-order valence-electron chi connectivity index (χ1n) is 9.27. The fraction of sp³-hybridized carbons (Fsp3) is 0.0526. The number of ether oxygens (including phenoxy) is 1. The average molecular weight is 375 g/mol. The molecule has 3 aromatic rings. The molecule has 0 saturated carbocycles. The number of carboxylic acid groups (broad SMARTS) is 1. The van der Waals surface area contributed by atoms with Crippen LogP contribution in [0.2, 0.25) is 0 Å². The van der Waals surface area contributed by atoms with Crippen molar-refractivity contribution < 1.29 is 29.3 Å². The predicted molar refractivity (Wildman–Crippen MR) is 97.6 cm³/mol. The summed E-state index contributed by atoms with van der Waals surface area (Å²) in [6.07, 6.45) is 0. The van der Waals surface area contributed by atoms with Crippen molar-refractivity contribution in [2.45, 2.75) is 0 Å². The van der Waals surface area contributed by atoms with Crippen LogP contribution in [0.5, 0.6) is 5.75 Å². The Morgan fingerprint density at radius 2 is 2.08 bits per heavy atom. The molecule has 3 rings (SSSR count). The van der Waals surface area contributed by atoms with Gasteiger partial charge in [0, 0.05) is 0 Å². The normalized spacial score (nSPS) is 13.1. The maximum atomic E-state index is 14.7. The smallest absolute Gasteiger partial charge is 0.346 e. The number of halogens is 1. The number of hydrogen-bond acceptors (Lipinski definition) is 4. The van der Waals surface area contributed by atoms with Crippen molar-refractivity contribution in [3.05, 3.63) is 70.1 Å². The summed E-state index contributed by atoms with van der Waals surface area (Å²) in [4.78, 5) is 23.3. The average Bonchev–Trinajstić information content (AvgIpc) is 3.13. The van der Waals surface area contributed by atoms with Crippen LogP contribution in [0.3, 0.4) is 0 Å². The van der Waals surface area contributed by atoms with Gasteiger partial charge in [0.2, 0.25) is 0 Å². The topological polar surface area (TPSA) is 75.6 Å².